The molecule has 3 nitrogen and oxygen atoms in total. The van der Waals surface area contributed by atoms with Gasteiger partial charge in [0, 0.05) is 6.61 Å². The second-order valence-electron chi connectivity index (χ2n) is 3.23. The van der Waals surface area contributed by atoms with Gasteiger partial charge in [-0.25, -0.2) is 0 Å². The molecule has 13 heavy (non-hydrogen) atoms. The Morgan fingerprint density at radius 1 is 1.69 bits per heavy atom. The molecule has 1 rings (SSSR count). The third-order valence-electron chi connectivity index (χ3n) is 2.01. The summed E-state index contributed by atoms with van der Waals surface area (Å²) < 4.78 is 5.25. The normalized spacial score (nSPS) is 23.3. The number of nitrogens with one attached hydrogen (secondary N) is 1. The molecule has 1 heterocycles. The molecule has 0 aromatic carbocycles. The molecule has 1 atom stereocenters. The van der Waals surface area contributed by atoms with E-state index in [1.165, 1.54) is 0 Å². The minimum atomic E-state index is -0.00245. The summed E-state index contributed by atoms with van der Waals surface area (Å²) in [5.41, 5.74) is 0. The summed E-state index contributed by atoms with van der Waals surface area (Å²) in [5, 5.41) is 2.90. The lowest BCUT2D eigenvalue weighted by molar-refractivity contribution is -0.118. The van der Waals surface area contributed by atoms with Gasteiger partial charge in [-0.3, -0.25) is 4.79 Å². The highest BCUT2D eigenvalue weighted by Crippen LogP contribution is 2.05. The zero-order valence-electron chi connectivity index (χ0n) is 8.08. The van der Waals surface area contributed by atoms with Gasteiger partial charge in [-0.1, -0.05) is 13.0 Å². The Labute approximate surface area is 79.2 Å². The summed E-state index contributed by atoms with van der Waals surface area (Å²) >= 11 is 0. The van der Waals surface area contributed by atoms with Gasteiger partial charge in [0.05, 0.1) is 12.6 Å². The van der Waals surface area contributed by atoms with Crippen LogP contribution in [-0.2, 0) is 9.53 Å². The summed E-state index contributed by atoms with van der Waals surface area (Å²) in [6.07, 6.45) is 6.43. The average molecular weight is 183 g/mol. The van der Waals surface area contributed by atoms with Crippen LogP contribution in [0.15, 0.2) is 12.2 Å². The van der Waals surface area contributed by atoms with Crippen LogP contribution < -0.4 is 5.32 Å². The van der Waals surface area contributed by atoms with E-state index in [1.54, 1.807) is 6.08 Å². The minimum Gasteiger partial charge on any atom is -0.379 e. The number of ether oxygens (including phenoxy) is 1. The number of amides is 1. The maximum Gasteiger partial charge on any atom is 0.243 e. The highest BCUT2D eigenvalue weighted by atomic mass is 16.5. The fourth-order valence-corrected chi connectivity index (χ4v) is 1.33. The quantitative estimate of drug-likeness (QED) is 0.669. The molecule has 0 aromatic heterocycles. The molecular weight excluding hydrogens is 166 g/mol. The fourth-order valence-electron chi connectivity index (χ4n) is 1.33. The predicted molar refractivity (Wildman–Crippen MR) is 51.4 cm³/mol. The first-order valence-electron chi connectivity index (χ1n) is 4.87. The van der Waals surface area contributed by atoms with E-state index in [0.29, 0.717) is 6.61 Å². The Balaban J connectivity index is 2.22. The van der Waals surface area contributed by atoms with Crippen molar-refractivity contribution in [1.29, 1.82) is 0 Å². The van der Waals surface area contributed by atoms with Gasteiger partial charge in [-0.2, -0.15) is 0 Å². The zero-order valence-corrected chi connectivity index (χ0v) is 8.08. The molecule has 0 unspecified atom stereocenters. The summed E-state index contributed by atoms with van der Waals surface area (Å²) in [6, 6.07) is 0.211. The topological polar surface area (TPSA) is 38.3 Å². The van der Waals surface area contributed by atoms with Crippen LogP contribution in [0.1, 0.15) is 26.2 Å². The Bertz CT molecular complexity index is 183. The summed E-state index contributed by atoms with van der Waals surface area (Å²) in [6.45, 7) is 3.50. The van der Waals surface area contributed by atoms with Crippen LogP contribution in [0.25, 0.3) is 0 Å². The first-order valence-corrected chi connectivity index (χ1v) is 4.87. The molecular formula is C10H17NO2. The van der Waals surface area contributed by atoms with E-state index >= 15 is 0 Å². The van der Waals surface area contributed by atoms with E-state index in [4.69, 9.17) is 4.74 Å². The Morgan fingerprint density at radius 2 is 2.54 bits per heavy atom. The highest BCUT2D eigenvalue weighted by molar-refractivity contribution is 5.87. The molecule has 3 heteroatoms. The molecule has 1 saturated heterocycles. The van der Waals surface area contributed by atoms with Gasteiger partial charge in [0.25, 0.3) is 0 Å². The van der Waals surface area contributed by atoms with Gasteiger partial charge in [0.1, 0.15) is 0 Å². The summed E-state index contributed by atoms with van der Waals surface area (Å²) in [4.78, 5) is 11.2. The van der Waals surface area contributed by atoms with Gasteiger partial charge in [0.2, 0.25) is 5.91 Å². The number of hydrogen-bond donors (Lipinski definition) is 1. The van der Waals surface area contributed by atoms with E-state index in [9.17, 15) is 4.79 Å². The number of hydrogen-bond acceptors (Lipinski definition) is 2. The van der Waals surface area contributed by atoms with Gasteiger partial charge in [0.15, 0.2) is 0 Å². The van der Waals surface area contributed by atoms with Gasteiger partial charge < -0.3 is 10.1 Å². The van der Waals surface area contributed by atoms with Crippen LogP contribution in [-0.4, -0.2) is 25.2 Å². The number of rotatable bonds is 3. The molecule has 0 radical (unpaired) electrons. The predicted octanol–water partition coefficient (Wildman–Crippen LogP) is 1.25. The van der Waals surface area contributed by atoms with Crippen LogP contribution in [0.4, 0.5) is 0 Å². The maximum atomic E-state index is 11.2. The van der Waals surface area contributed by atoms with Crippen LogP contribution in [0.5, 0.6) is 0 Å². The fraction of sp³-hybridized carbons (Fsp3) is 0.700. The largest absolute Gasteiger partial charge is 0.379 e. The first kappa shape index (κ1) is 10.3. The van der Waals surface area contributed by atoms with E-state index in [1.807, 2.05) is 13.0 Å². The van der Waals surface area contributed by atoms with E-state index < -0.39 is 0 Å². The molecule has 1 amide bonds. The maximum absolute atomic E-state index is 11.2. The molecule has 0 saturated carbocycles. The number of allylic oxidation sites excluding steroid dienone is 1. The average Bonchev–Trinajstić information content (AvgIpc) is 2.16. The lowest BCUT2D eigenvalue weighted by Crippen LogP contribution is -2.39. The van der Waals surface area contributed by atoms with Crippen LogP contribution in [0.3, 0.4) is 0 Å². The molecule has 0 aromatic rings. The molecule has 1 fully saturated rings. The standard InChI is InChI=1S/C10H17NO2/c1-2-3-6-10(12)11-9-5-4-7-13-8-9/h3,6,9H,2,4-5,7-8H2,1H3,(H,11,12)/b6-3+/t9-/m0/s1. The molecule has 1 aliphatic rings. The second kappa shape index (κ2) is 5.75. The van der Waals surface area contributed by atoms with Crippen molar-refractivity contribution in [1.82, 2.24) is 5.32 Å². The van der Waals surface area contributed by atoms with E-state index in [-0.39, 0.29) is 11.9 Å². The monoisotopic (exact) mass is 183 g/mol. The second-order valence-corrected chi connectivity index (χ2v) is 3.23. The molecule has 0 spiro atoms. The van der Waals surface area contributed by atoms with Crippen molar-refractivity contribution < 1.29 is 9.53 Å². The Kier molecular flexibility index (Phi) is 4.54. The number of carbonyl (C=O) groups excluding carboxylic acids is 1. The van der Waals surface area contributed by atoms with Gasteiger partial charge in [-0.15, -0.1) is 0 Å². The van der Waals surface area contributed by atoms with Gasteiger partial charge in [-0.05, 0) is 25.3 Å². The third-order valence-corrected chi connectivity index (χ3v) is 2.01. The SMILES string of the molecule is CC/C=C/C(=O)N[C@H]1CCCOC1. The van der Waals surface area contributed by atoms with Crippen molar-refractivity contribution in [2.75, 3.05) is 13.2 Å². The smallest absolute Gasteiger partial charge is 0.243 e. The Morgan fingerprint density at radius 3 is 3.15 bits per heavy atom. The van der Waals surface area contributed by atoms with Crippen molar-refractivity contribution in [2.45, 2.75) is 32.2 Å². The van der Waals surface area contributed by atoms with Crippen molar-refractivity contribution in [3.05, 3.63) is 12.2 Å². The third kappa shape index (κ3) is 4.08. The van der Waals surface area contributed by atoms with E-state index in [0.717, 1.165) is 25.9 Å². The van der Waals surface area contributed by atoms with Crippen LogP contribution in [0, 0.1) is 0 Å². The minimum absolute atomic E-state index is 0.00245. The lowest BCUT2D eigenvalue weighted by Gasteiger charge is -2.22. The van der Waals surface area contributed by atoms with Crippen molar-refractivity contribution in [3.8, 4) is 0 Å². The van der Waals surface area contributed by atoms with Crippen molar-refractivity contribution in [2.24, 2.45) is 0 Å². The molecule has 1 N–H and O–H groups in total. The van der Waals surface area contributed by atoms with Crippen LogP contribution in [0.2, 0.25) is 0 Å². The highest BCUT2D eigenvalue weighted by Gasteiger charge is 2.14. The Hall–Kier alpha value is -0.830. The molecule has 74 valence electrons. The van der Waals surface area contributed by atoms with Crippen molar-refractivity contribution >= 4 is 5.91 Å². The molecule has 1 aliphatic heterocycles. The zero-order chi connectivity index (χ0) is 9.52. The van der Waals surface area contributed by atoms with Gasteiger partial charge >= 0.3 is 0 Å². The lowest BCUT2D eigenvalue weighted by atomic mass is 10.1. The van der Waals surface area contributed by atoms with E-state index in [2.05, 4.69) is 5.32 Å². The van der Waals surface area contributed by atoms with Crippen molar-refractivity contribution in [3.63, 3.8) is 0 Å². The summed E-state index contributed by atoms with van der Waals surface area (Å²) in [7, 11) is 0. The number of carbonyl (C=O) groups is 1. The molecule has 0 bridgehead atoms. The molecule has 0 aliphatic carbocycles. The van der Waals surface area contributed by atoms with Crippen LogP contribution >= 0.6 is 0 Å². The summed E-state index contributed by atoms with van der Waals surface area (Å²) in [5.74, 6) is -0.00245. The first-order chi connectivity index (χ1) is 6.33.